The molecule has 6 rings (SSSR count). The van der Waals surface area contributed by atoms with E-state index < -0.39 is 18.0 Å². The third-order valence-electron chi connectivity index (χ3n) is 8.53. The number of thiophene rings is 1. The van der Waals surface area contributed by atoms with Crippen LogP contribution in [-0.2, 0) is 6.54 Å². The van der Waals surface area contributed by atoms with Crippen LogP contribution in [0.3, 0.4) is 0 Å². The van der Waals surface area contributed by atoms with Crippen molar-refractivity contribution < 1.29 is 18.7 Å². The Morgan fingerprint density at radius 1 is 1.23 bits per heavy atom. The number of benzene rings is 1. The number of carbonyl (C=O) groups is 1. The number of hydrogen-bond donors (Lipinski definition) is 1. The summed E-state index contributed by atoms with van der Waals surface area (Å²) >= 11 is 7.63. The number of pyridine rings is 2. The van der Waals surface area contributed by atoms with Crippen molar-refractivity contribution in [1.29, 1.82) is 5.26 Å². The van der Waals surface area contributed by atoms with E-state index in [9.17, 15) is 28.7 Å². The van der Waals surface area contributed by atoms with Crippen LogP contribution in [0.15, 0.2) is 46.8 Å². The second kappa shape index (κ2) is 13.6. The third-order valence-corrected chi connectivity index (χ3v) is 9.77. The van der Waals surface area contributed by atoms with Crippen LogP contribution in [0.1, 0.15) is 40.2 Å². The average Bonchev–Trinajstić information content (AvgIpc) is 3.51. The second-order valence-electron chi connectivity index (χ2n) is 11.4. The molecule has 10 nitrogen and oxygen atoms in total. The standard InChI is InChI=1S/C34H28ClF2N7O3S/c1-19-41-27-16-40-32(42(2)22-8-12-43(13-9-22)17-28(36)37)25(15-38)29(27)33(45)44(19)11-3-4-20-5-6-21(35)14-24(20)23-7-10-39-30-26(34(46)47)18-48-31(23)30/h5-7,10,14,16,18,22,28H,8-9,11-13,17H2,1-2H3,(H,46,47). The molecule has 0 bridgehead atoms. The van der Waals surface area contributed by atoms with Crippen molar-refractivity contribution in [2.75, 3.05) is 31.6 Å². The van der Waals surface area contributed by atoms with Gasteiger partial charge in [0.15, 0.2) is 0 Å². The molecule has 4 aromatic heterocycles. The minimum Gasteiger partial charge on any atom is -0.478 e. The Balaban J connectivity index is 1.33. The van der Waals surface area contributed by atoms with Gasteiger partial charge in [0, 0.05) is 59.5 Å². The lowest BCUT2D eigenvalue weighted by molar-refractivity contribution is 0.0698. The number of rotatable bonds is 7. The summed E-state index contributed by atoms with van der Waals surface area (Å²) in [5.74, 6) is 5.87. The fourth-order valence-corrected chi connectivity index (χ4v) is 7.28. The maximum atomic E-state index is 13.9. The van der Waals surface area contributed by atoms with Gasteiger partial charge in [0.1, 0.15) is 23.3 Å². The summed E-state index contributed by atoms with van der Waals surface area (Å²) in [5.41, 5.74) is 2.48. The predicted molar refractivity (Wildman–Crippen MR) is 181 cm³/mol. The highest BCUT2D eigenvalue weighted by Gasteiger charge is 2.27. The highest BCUT2D eigenvalue weighted by atomic mass is 35.5. The summed E-state index contributed by atoms with van der Waals surface area (Å²) in [7, 11) is 1.80. The van der Waals surface area contributed by atoms with Crippen LogP contribution in [0.4, 0.5) is 14.6 Å². The lowest BCUT2D eigenvalue weighted by Crippen LogP contribution is -2.45. The number of halogens is 3. The number of aromatic carboxylic acids is 1. The molecule has 1 saturated heterocycles. The van der Waals surface area contributed by atoms with Crippen LogP contribution in [-0.4, -0.2) is 74.6 Å². The number of aryl methyl sites for hydroxylation is 1. The molecule has 0 spiro atoms. The molecule has 0 aliphatic carbocycles. The van der Waals surface area contributed by atoms with E-state index in [1.807, 2.05) is 4.90 Å². The number of piperidine rings is 1. The van der Waals surface area contributed by atoms with Crippen molar-refractivity contribution in [3.63, 3.8) is 0 Å². The quantitative estimate of drug-likeness (QED) is 0.211. The molecule has 14 heteroatoms. The highest BCUT2D eigenvalue weighted by molar-refractivity contribution is 7.18. The summed E-state index contributed by atoms with van der Waals surface area (Å²) in [6.07, 6.45) is 1.86. The summed E-state index contributed by atoms with van der Waals surface area (Å²) in [6, 6.07) is 9.11. The van der Waals surface area contributed by atoms with E-state index in [1.54, 1.807) is 54.7 Å². The van der Waals surface area contributed by atoms with Gasteiger partial charge in [-0.25, -0.2) is 23.5 Å². The molecule has 5 aromatic rings. The molecule has 1 aliphatic rings. The van der Waals surface area contributed by atoms with Crippen molar-refractivity contribution in [2.45, 2.75) is 38.8 Å². The predicted octanol–water partition coefficient (Wildman–Crippen LogP) is 5.82. The Kier molecular flexibility index (Phi) is 9.38. The van der Waals surface area contributed by atoms with E-state index in [0.29, 0.717) is 69.5 Å². The van der Waals surface area contributed by atoms with E-state index in [2.05, 4.69) is 32.9 Å². The van der Waals surface area contributed by atoms with E-state index >= 15 is 0 Å². The van der Waals surface area contributed by atoms with Gasteiger partial charge in [-0.3, -0.25) is 19.2 Å². The molecular formula is C34H28ClF2N7O3S. The minimum atomic E-state index is -2.39. The number of fused-ring (bicyclic) bond motifs is 2. The van der Waals surface area contributed by atoms with Crippen molar-refractivity contribution in [2.24, 2.45) is 0 Å². The number of anilines is 1. The number of alkyl halides is 2. The van der Waals surface area contributed by atoms with Gasteiger partial charge in [-0.2, -0.15) is 5.26 Å². The molecule has 0 amide bonds. The molecule has 1 N–H and O–H groups in total. The fraction of sp³-hybridized carbons (Fsp3) is 0.294. The van der Waals surface area contributed by atoms with Crippen LogP contribution in [0.25, 0.3) is 32.2 Å². The van der Waals surface area contributed by atoms with Gasteiger partial charge in [0.2, 0.25) is 0 Å². The monoisotopic (exact) mass is 687 g/mol. The zero-order valence-electron chi connectivity index (χ0n) is 25.9. The number of hydrogen-bond acceptors (Lipinski definition) is 9. The first-order chi connectivity index (χ1) is 23.1. The van der Waals surface area contributed by atoms with Gasteiger partial charge < -0.3 is 10.0 Å². The number of likely N-dealkylation sites (tertiary alicyclic amines) is 1. The van der Waals surface area contributed by atoms with Crippen LogP contribution in [0.2, 0.25) is 5.02 Å². The van der Waals surface area contributed by atoms with Crippen LogP contribution in [0, 0.1) is 30.1 Å². The van der Waals surface area contributed by atoms with E-state index in [1.165, 1.54) is 22.1 Å². The number of carboxylic acid groups (broad SMARTS) is 1. The van der Waals surface area contributed by atoms with Crippen molar-refractivity contribution in [1.82, 2.24) is 24.4 Å². The third kappa shape index (κ3) is 6.32. The first kappa shape index (κ1) is 33.0. The van der Waals surface area contributed by atoms with Crippen LogP contribution >= 0.6 is 22.9 Å². The average molecular weight is 688 g/mol. The zero-order valence-corrected chi connectivity index (χ0v) is 27.4. The van der Waals surface area contributed by atoms with Gasteiger partial charge in [-0.05, 0) is 44.0 Å². The van der Waals surface area contributed by atoms with E-state index in [0.717, 1.165) is 5.56 Å². The smallest absolute Gasteiger partial charge is 0.338 e. The molecule has 5 heterocycles. The molecule has 1 aliphatic heterocycles. The Morgan fingerprint density at radius 2 is 2.00 bits per heavy atom. The molecule has 1 aromatic carbocycles. The highest BCUT2D eigenvalue weighted by Crippen LogP contribution is 2.36. The molecule has 0 radical (unpaired) electrons. The summed E-state index contributed by atoms with van der Waals surface area (Å²) in [5, 5.41) is 22.0. The van der Waals surface area contributed by atoms with Gasteiger partial charge >= 0.3 is 5.97 Å². The Hall–Kier alpha value is -4.95. The zero-order chi connectivity index (χ0) is 34.1. The normalized spacial score (nSPS) is 13.9. The number of aromatic nitrogens is 4. The summed E-state index contributed by atoms with van der Waals surface area (Å²) in [4.78, 5) is 42.5. The Morgan fingerprint density at radius 3 is 2.71 bits per heavy atom. The van der Waals surface area contributed by atoms with Gasteiger partial charge in [0.25, 0.3) is 12.0 Å². The van der Waals surface area contributed by atoms with Gasteiger partial charge in [0.05, 0.1) is 46.0 Å². The van der Waals surface area contributed by atoms with E-state index in [4.69, 9.17) is 11.6 Å². The van der Waals surface area contributed by atoms with E-state index in [-0.39, 0.29) is 35.6 Å². The topological polar surface area (TPSA) is 128 Å². The lowest BCUT2D eigenvalue weighted by atomic mass is 10.00. The molecule has 1 fully saturated rings. The summed E-state index contributed by atoms with van der Waals surface area (Å²) in [6.45, 7) is 2.39. The van der Waals surface area contributed by atoms with Crippen molar-refractivity contribution >= 4 is 55.8 Å². The molecule has 244 valence electrons. The number of nitriles is 1. The Labute approximate surface area is 282 Å². The largest absolute Gasteiger partial charge is 0.478 e. The van der Waals surface area contributed by atoms with Crippen molar-refractivity contribution in [3.05, 3.63) is 79.9 Å². The summed E-state index contributed by atoms with van der Waals surface area (Å²) < 4.78 is 27.8. The molecule has 48 heavy (non-hydrogen) atoms. The molecule has 0 atom stereocenters. The van der Waals surface area contributed by atoms with Crippen LogP contribution < -0.4 is 10.5 Å². The molecule has 0 saturated carbocycles. The Bertz CT molecular complexity index is 2230. The van der Waals surface area contributed by atoms with Gasteiger partial charge in [-0.15, -0.1) is 11.3 Å². The first-order valence-corrected chi connectivity index (χ1v) is 16.2. The van der Waals surface area contributed by atoms with Gasteiger partial charge in [-0.1, -0.05) is 23.4 Å². The maximum Gasteiger partial charge on any atom is 0.338 e. The number of nitrogens with zero attached hydrogens (tertiary/aromatic N) is 7. The fourth-order valence-electron chi connectivity index (χ4n) is 6.08. The molecule has 0 unspecified atom stereocenters. The van der Waals surface area contributed by atoms with Crippen molar-refractivity contribution in [3.8, 4) is 29.0 Å². The number of carboxylic acids is 1. The lowest BCUT2D eigenvalue weighted by Gasteiger charge is -2.37. The van der Waals surface area contributed by atoms with Crippen LogP contribution in [0.5, 0.6) is 0 Å². The molecular weight excluding hydrogens is 660 g/mol. The second-order valence-corrected chi connectivity index (χ2v) is 12.7. The minimum absolute atomic E-state index is 0.0233. The first-order valence-electron chi connectivity index (χ1n) is 15.0. The SMILES string of the molecule is Cc1nc2cnc(N(C)C3CCN(CC(F)F)CC3)c(C#N)c2c(=O)n1CC#Cc1ccc(Cl)cc1-c1ccnc2c(C(=O)O)csc12. The maximum absolute atomic E-state index is 13.9.